The lowest BCUT2D eigenvalue weighted by atomic mass is 9.93. The maximum atomic E-state index is 13.3. The van der Waals surface area contributed by atoms with E-state index in [2.05, 4.69) is 20.4 Å². The molecule has 3 N–H and O–H groups in total. The number of rotatable bonds is 10. The second-order valence-electron chi connectivity index (χ2n) is 8.77. The average Bonchev–Trinajstić information content (AvgIpc) is 2.89. The predicted molar refractivity (Wildman–Crippen MR) is 129 cm³/mol. The zero-order valence-corrected chi connectivity index (χ0v) is 19.3. The number of ether oxygens (including phenoxy) is 1. The van der Waals surface area contributed by atoms with E-state index >= 15 is 0 Å². The summed E-state index contributed by atoms with van der Waals surface area (Å²) in [7, 11) is 0. The molecule has 4 rings (SSSR count). The molecule has 2 aromatic rings. The van der Waals surface area contributed by atoms with Crippen LogP contribution in [0.5, 0.6) is 0 Å². The molecule has 2 unspecified atom stereocenters. The van der Waals surface area contributed by atoms with Crippen molar-refractivity contribution in [1.29, 1.82) is 0 Å². The van der Waals surface area contributed by atoms with Crippen LogP contribution in [-0.4, -0.2) is 92.7 Å². The van der Waals surface area contributed by atoms with Crippen molar-refractivity contribution in [3.8, 4) is 0 Å². The maximum Gasteiger partial charge on any atom is 0.196 e. The summed E-state index contributed by atoms with van der Waals surface area (Å²) in [6, 6.07) is 16.7. The molecule has 0 amide bonds. The number of aliphatic hydroxyl groups excluding tert-OH is 1. The number of benzene rings is 2. The summed E-state index contributed by atoms with van der Waals surface area (Å²) in [5.74, 6) is -0.284. The van der Waals surface area contributed by atoms with Gasteiger partial charge in [-0.3, -0.25) is 14.6 Å². The monoisotopic (exact) mass is 452 g/mol. The van der Waals surface area contributed by atoms with E-state index in [9.17, 15) is 9.90 Å². The van der Waals surface area contributed by atoms with E-state index in [-0.39, 0.29) is 11.9 Å². The van der Waals surface area contributed by atoms with E-state index in [0.717, 1.165) is 71.0 Å². The predicted octanol–water partition coefficient (Wildman–Crippen LogP) is 1.47. The largest absolute Gasteiger partial charge is 0.380 e. The number of piperazine rings is 2. The van der Waals surface area contributed by atoms with Crippen LogP contribution in [0, 0.1) is 0 Å². The van der Waals surface area contributed by atoms with Crippen LogP contribution >= 0.6 is 0 Å². The molecule has 0 spiro atoms. The van der Waals surface area contributed by atoms with Gasteiger partial charge >= 0.3 is 0 Å². The van der Waals surface area contributed by atoms with Gasteiger partial charge in [0.2, 0.25) is 0 Å². The molecule has 2 heterocycles. The average molecular weight is 453 g/mol. The van der Waals surface area contributed by atoms with Crippen molar-refractivity contribution in [2.24, 2.45) is 0 Å². The molecule has 2 saturated heterocycles. The Morgan fingerprint density at radius 3 is 2.18 bits per heavy atom. The minimum absolute atomic E-state index is 0.228. The molecule has 178 valence electrons. The molecule has 0 aromatic heterocycles. The second kappa shape index (κ2) is 12.4. The van der Waals surface area contributed by atoms with E-state index in [4.69, 9.17) is 4.74 Å². The second-order valence-corrected chi connectivity index (χ2v) is 8.77. The molecule has 2 aliphatic heterocycles. The quantitative estimate of drug-likeness (QED) is 0.471. The Morgan fingerprint density at radius 2 is 1.48 bits per heavy atom. The van der Waals surface area contributed by atoms with Gasteiger partial charge in [-0.2, -0.15) is 0 Å². The molecule has 0 radical (unpaired) electrons. The van der Waals surface area contributed by atoms with Crippen LogP contribution in [0.1, 0.15) is 33.7 Å². The van der Waals surface area contributed by atoms with Gasteiger partial charge in [-0.25, -0.2) is 0 Å². The Hall–Kier alpha value is -2.13. The number of nitrogens with one attached hydrogen (secondary N) is 2. The van der Waals surface area contributed by atoms with Crippen molar-refractivity contribution in [3.05, 3.63) is 71.3 Å². The van der Waals surface area contributed by atoms with Crippen molar-refractivity contribution in [2.45, 2.75) is 12.2 Å². The van der Waals surface area contributed by atoms with Gasteiger partial charge in [0.05, 0.1) is 12.7 Å². The summed E-state index contributed by atoms with van der Waals surface area (Å²) >= 11 is 0. The number of carbonyl (C=O) groups is 1. The van der Waals surface area contributed by atoms with E-state index in [0.29, 0.717) is 17.7 Å². The first kappa shape index (κ1) is 24.0. The van der Waals surface area contributed by atoms with Crippen molar-refractivity contribution < 1.29 is 14.6 Å². The van der Waals surface area contributed by atoms with E-state index < -0.39 is 6.10 Å². The van der Waals surface area contributed by atoms with Gasteiger partial charge in [-0.15, -0.1) is 0 Å². The van der Waals surface area contributed by atoms with Gasteiger partial charge in [-0.1, -0.05) is 54.6 Å². The molecular weight excluding hydrogens is 416 g/mol. The number of nitrogens with zero attached hydrogens (tertiary/aromatic N) is 2. The van der Waals surface area contributed by atoms with Crippen LogP contribution in [0.3, 0.4) is 0 Å². The van der Waals surface area contributed by atoms with Gasteiger partial charge in [0, 0.05) is 71.0 Å². The van der Waals surface area contributed by atoms with Crippen molar-refractivity contribution in [3.63, 3.8) is 0 Å². The lowest BCUT2D eigenvalue weighted by molar-refractivity contribution is 0.00941. The Kier molecular flexibility index (Phi) is 9.00. The highest BCUT2D eigenvalue weighted by molar-refractivity contribution is 6.01. The highest BCUT2D eigenvalue weighted by Crippen LogP contribution is 2.27. The fraction of sp³-hybridized carbons (Fsp3) is 0.500. The van der Waals surface area contributed by atoms with Gasteiger partial charge < -0.3 is 20.5 Å². The molecule has 2 fully saturated rings. The topological polar surface area (TPSA) is 77.1 Å². The molecule has 2 aromatic carbocycles. The summed E-state index contributed by atoms with van der Waals surface area (Å²) in [5.41, 5.74) is 2.00. The molecule has 0 saturated carbocycles. The highest BCUT2D eigenvalue weighted by Gasteiger charge is 2.27. The molecule has 33 heavy (non-hydrogen) atoms. The summed E-state index contributed by atoms with van der Waals surface area (Å²) in [4.78, 5) is 18.1. The fourth-order valence-corrected chi connectivity index (χ4v) is 4.56. The smallest absolute Gasteiger partial charge is 0.196 e. The molecule has 7 heteroatoms. The molecule has 2 aliphatic rings. The minimum Gasteiger partial charge on any atom is -0.380 e. The molecule has 0 aliphatic carbocycles. The zero-order valence-electron chi connectivity index (χ0n) is 19.3. The van der Waals surface area contributed by atoms with E-state index in [1.807, 2.05) is 42.5 Å². The van der Waals surface area contributed by atoms with Crippen molar-refractivity contribution >= 4 is 5.78 Å². The Bertz CT molecular complexity index is 867. The normalized spacial score (nSPS) is 19.8. The molecule has 2 atom stereocenters. The van der Waals surface area contributed by atoms with Gasteiger partial charge in [-0.05, 0) is 11.1 Å². The van der Waals surface area contributed by atoms with Crippen molar-refractivity contribution in [2.75, 3.05) is 72.1 Å². The van der Waals surface area contributed by atoms with E-state index in [1.165, 1.54) is 0 Å². The van der Waals surface area contributed by atoms with Gasteiger partial charge in [0.25, 0.3) is 0 Å². The Balaban J connectivity index is 1.51. The van der Waals surface area contributed by atoms with Crippen LogP contribution in [0.25, 0.3) is 0 Å². The highest BCUT2D eigenvalue weighted by atomic mass is 16.5. The van der Waals surface area contributed by atoms with Gasteiger partial charge in [0.1, 0.15) is 6.10 Å². The Labute approximate surface area is 196 Å². The van der Waals surface area contributed by atoms with Crippen LogP contribution < -0.4 is 10.6 Å². The Morgan fingerprint density at radius 1 is 0.879 bits per heavy atom. The number of carbonyl (C=O) groups excluding carboxylic acids is 1. The van der Waals surface area contributed by atoms with Crippen LogP contribution in [-0.2, 0) is 4.74 Å². The van der Waals surface area contributed by atoms with Gasteiger partial charge in [0.15, 0.2) is 5.78 Å². The molecule has 0 bridgehead atoms. The first-order chi connectivity index (χ1) is 16.2. The molecular formula is C26H36N4O3. The van der Waals surface area contributed by atoms with Crippen LogP contribution in [0.2, 0.25) is 0 Å². The number of hydrogen-bond donors (Lipinski definition) is 3. The summed E-state index contributed by atoms with van der Waals surface area (Å²) in [6.45, 7) is 10.1. The van der Waals surface area contributed by atoms with Crippen LogP contribution in [0.15, 0.2) is 54.6 Å². The standard InChI is InChI=1S/C26H36N4O3/c31-25(21-6-2-1-3-7-21)26(32)23-9-5-4-8-22(23)24(20-30-16-12-28-13-17-30)33-19-18-29-14-10-27-11-15-29/h1-9,24-25,27-28,31H,10-20H2. The fourth-order valence-electron chi connectivity index (χ4n) is 4.56. The number of hydrogen-bond acceptors (Lipinski definition) is 7. The first-order valence-electron chi connectivity index (χ1n) is 12.1. The summed E-state index contributed by atoms with van der Waals surface area (Å²) in [5, 5.41) is 17.6. The van der Waals surface area contributed by atoms with Crippen LogP contribution in [0.4, 0.5) is 0 Å². The third kappa shape index (κ3) is 6.69. The maximum absolute atomic E-state index is 13.3. The summed E-state index contributed by atoms with van der Waals surface area (Å²) in [6.07, 6.45) is -1.41. The number of ketones is 1. The number of Topliss-reactive ketones (excluding diaryl/α,β-unsaturated/α-hetero) is 1. The lowest BCUT2D eigenvalue weighted by Gasteiger charge is -2.33. The van der Waals surface area contributed by atoms with Crippen molar-refractivity contribution in [1.82, 2.24) is 20.4 Å². The number of aliphatic hydroxyl groups is 1. The zero-order chi connectivity index (χ0) is 22.9. The summed E-state index contributed by atoms with van der Waals surface area (Å²) < 4.78 is 6.45. The van der Waals surface area contributed by atoms with E-state index in [1.54, 1.807) is 12.1 Å². The lowest BCUT2D eigenvalue weighted by Crippen LogP contribution is -2.46. The molecule has 7 nitrogen and oxygen atoms in total. The third-order valence-electron chi connectivity index (χ3n) is 6.51. The minimum atomic E-state index is -1.19. The SMILES string of the molecule is O=C(c1ccccc1C(CN1CCNCC1)OCCN1CCNCC1)C(O)c1ccccc1. The third-order valence-corrected chi connectivity index (χ3v) is 6.51. The first-order valence-corrected chi connectivity index (χ1v) is 12.1.